The van der Waals surface area contributed by atoms with Crippen molar-refractivity contribution in [2.75, 3.05) is 0 Å². The first-order valence-corrected chi connectivity index (χ1v) is 21.8. The first-order chi connectivity index (χ1) is 21.8. The minimum atomic E-state index is -1.61. The number of allylic oxidation sites excluding steroid dienone is 5. The van der Waals surface area contributed by atoms with Crippen molar-refractivity contribution >= 4 is 24.0 Å². The zero-order valence-corrected chi connectivity index (χ0v) is 31.2. The Kier molecular flexibility index (Phi) is 14.1. The van der Waals surface area contributed by atoms with Gasteiger partial charge in [-0.05, 0) is 60.4 Å². The predicted molar refractivity (Wildman–Crippen MR) is 197 cm³/mol. The molecule has 0 spiro atoms. The molecule has 248 valence electrons. The zero-order chi connectivity index (χ0) is 31.8. The van der Waals surface area contributed by atoms with E-state index in [4.69, 9.17) is 19.4 Å². The molecule has 4 atom stereocenters. The molecule has 0 unspecified atom stereocenters. The Balaban J connectivity index is 0.000000375. The molecule has 0 amide bonds. The van der Waals surface area contributed by atoms with E-state index in [1.54, 1.807) is 5.57 Å². The SMILES string of the molecule is CC(C)C1=CCCC[C@H]1N1[CH-]N(C2=CC=CC[C@@H]2C(C)C)[C@H](c2ccccc2)[C@H]1c1ccccc1.[CH3-].[Cl][Ru]([Cl])=[CH]c1ccccc1. The topological polar surface area (TPSA) is 6.48 Å². The second-order valence-corrected chi connectivity index (χ2v) is 18.5. The summed E-state index contributed by atoms with van der Waals surface area (Å²) in [6, 6.07) is 33.3. The molecule has 2 aliphatic carbocycles. The van der Waals surface area contributed by atoms with Gasteiger partial charge in [-0.3, -0.25) is 0 Å². The Labute approximate surface area is 292 Å². The van der Waals surface area contributed by atoms with E-state index in [0.717, 1.165) is 12.0 Å². The van der Waals surface area contributed by atoms with Crippen molar-refractivity contribution in [1.29, 1.82) is 0 Å². The Morgan fingerprint density at radius 2 is 1.41 bits per heavy atom. The maximum atomic E-state index is 5.67. The van der Waals surface area contributed by atoms with Crippen LogP contribution in [0.3, 0.4) is 0 Å². The Morgan fingerprint density at radius 1 is 0.826 bits per heavy atom. The number of nitrogens with zero attached hydrogens (tertiary/aromatic N) is 2. The summed E-state index contributed by atoms with van der Waals surface area (Å²) in [4.78, 5) is 5.38. The quantitative estimate of drug-likeness (QED) is 0.135. The molecular weight excluding hydrogens is 692 g/mol. The van der Waals surface area contributed by atoms with Gasteiger partial charge in [0.1, 0.15) is 0 Å². The Hall–Kier alpha value is -2.29. The van der Waals surface area contributed by atoms with Gasteiger partial charge in [-0.2, -0.15) is 6.67 Å². The molecule has 0 N–H and O–H groups in total. The van der Waals surface area contributed by atoms with Crippen LogP contribution in [0.2, 0.25) is 0 Å². The van der Waals surface area contributed by atoms with E-state index in [-0.39, 0.29) is 19.5 Å². The van der Waals surface area contributed by atoms with Gasteiger partial charge in [0.15, 0.2) is 0 Å². The molecule has 0 saturated carbocycles. The van der Waals surface area contributed by atoms with Crippen LogP contribution in [0.5, 0.6) is 0 Å². The third-order valence-corrected chi connectivity index (χ3v) is 11.1. The summed E-state index contributed by atoms with van der Waals surface area (Å²) in [5.74, 6) is 1.70. The van der Waals surface area contributed by atoms with Crippen molar-refractivity contribution < 1.29 is 13.5 Å². The van der Waals surface area contributed by atoms with Crippen LogP contribution < -0.4 is 0 Å². The maximum absolute atomic E-state index is 5.67. The van der Waals surface area contributed by atoms with E-state index in [1.807, 2.05) is 34.9 Å². The zero-order valence-electron chi connectivity index (χ0n) is 27.9. The van der Waals surface area contributed by atoms with Gasteiger partial charge in [0.05, 0.1) is 0 Å². The van der Waals surface area contributed by atoms with Gasteiger partial charge in [-0.25, -0.2) is 0 Å². The van der Waals surface area contributed by atoms with Gasteiger partial charge in [0.2, 0.25) is 0 Å². The molecule has 3 aromatic carbocycles. The summed E-state index contributed by atoms with van der Waals surface area (Å²) in [7, 11) is 11.3. The van der Waals surface area contributed by atoms with Crippen LogP contribution in [0.25, 0.3) is 0 Å². The summed E-state index contributed by atoms with van der Waals surface area (Å²) in [5.41, 5.74) is 6.99. The van der Waals surface area contributed by atoms with Crippen molar-refractivity contribution in [3.63, 3.8) is 0 Å². The monoisotopic (exact) mass is 742 g/mol. The fourth-order valence-electron chi connectivity index (χ4n) is 7.06. The molecule has 46 heavy (non-hydrogen) atoms. The molecule has 1 heterocycles. The molecule has 2 nitrogen and oxygen atoms in total. The third-order valence-electron chi connectivity index (χ3n) is 9.20. The first-order valence-electron chi connectivity index (χ1n) is 16.3. The van der Waals surface area contributed by atoms with E-state index in [1.165, 1.54) is 36.1 Å². The number of hydrogen-bond acceptors (Lipinski definition) is 2. The number of rotatable bonds is 7. The van der Waals surface area contributed by atoms with E-state index >= 15 is 0 Å². The van der Waals surface area contributed by atoms with Crippen LogP contribution in [-0.2, 0) is 13.5 Å². The van der Waals surface area contributed by atoms with Crippen LogP contribution in [0.4, 0.5) is 0 Å². The Morgan fingerprint density at radius 3 is 1.98 bits per heavy atom. The fourth-order valence-corrected chi connectivity index (χ4v) is 8.89. The molecule has 3 aromatic rings. The molecule has 6 rings (SSSR count). The van der Waals surface area contributed by atoms with Crippen LogP contribution >= 0.6 is 19.4 Å². The van der Waals surface area contributed by atoms with Crippen molar-refractivity contribution in [1.82, 2.24) is 9.80 Å². The van der Waals surface area contributed by atoms with Gasteiger partial charge < -0.3 is 17.2 Å². The molecule has 0 bridgehead atoms. The molecule has 5 heteroatoms. The molecule has 1 saturated heterocycles. The van der Waals surface area contributed by atoms with Crippen LogP contribution in [-0.4, -0.2) is 20.5 Å². The van der Waals surface area contributed by atoms with Crippen molar-refractivity contribution in [3.05, 3.63) is 157 Å². The second kappa shape index (κ2) is 17.7. The van der Waals surface area contributed by atoms with E-state index in [9.17, 15) is 0 Å². The summed E-state index contributed by atoms with van der Waals surface area (Å²) in [6.45, 7) is 12.0. The minimum absolute atomic E-state index is 0. The molecular formula is C41H50Cl2N2Ru-2. The number of hydrogen-bond donors (Lipinski definition) is 0. The van der Waals surface area contributed by atoms with Crippen LogP contribution in [0, 0.1) is 31.8 Å². The molecule has 3 aliphatic rings. The van der Waals surface area contributed by atoms with Gasteiger partial charge in [0, 0.05) is 24.0 Å². The van der Waals surface area contributed by atoms with Gasteiger partial charge >= 0.3 is 73.4 Å². The van der Waals surface area contributed by atoms with Crippen LogP contribution in [0.1, 0.15) is 82.2 Å². The van der Waals surface area contributed by atoms with Gasteiger partial charge in [-0.1, -0.05) is 112 Å². The standard InChI is InChI=1S/C33H41N2.C7H6.CH3.2ClH.Ru/c1-24(2)28-19-11-13-21-30(28)34-23-35(31-22-14-12-20-29(31)25(3)4)33(27-17-9-6-10-18-27)32(34)26-15-7-5-8-16-26;1-7-5-3-2-4-6-7;;;;/h5-11,13,15-18,20-21,23-25,28,31-33H,12,14,19,22H2,1-4H3;1-6H;1H3;2*1H;/q-1;;-1;;;+2/p-2/t28-,31-,32-,33-;;;;;/m1...../s1. The summed E-state index contributed by atoms with van der Waals surface area (Å²) in [5, 5.41) is 0. The number of halogens is 2. The second-order valence-electron chi connectivity index (χ2n) is 12.8. The van der Waals surface area contributed by atoms with E-state index in [2.05, 4.69) is 129 Å². The van der Waals surface area contributed by atoms with E-state index < -0.39 is 13.5 Å². The Bertz CT molecular complexity index is 1480. The molecule has 1 aliphatic heterocycles. The fraction of sp³-hybridized carbons (Fsp3) is 0.341. The van der Waals surface area contributed by atoms with Gasteiger partial charge in [0.25, 0.3) is 0 Å². The average molecular weight is 743 g/mol. The summed E-state index contributed by atoms with van der Waals surface area (Å²) in [6.07, 6.45) is 14.4. The normalized spacial score (nSPS) is 23.2. The van der Waals surface area contributed by atoms with Crippen molar-refractivity contribution in [3.8, 4) is 0 Å². The van der Waals surface area contributed by atoms with E-state index in [0.29, 0.717) is 23.8 Å². The predicted octanol–water partition coefficient (Wildman–Crippen LogP) is 11.7. The number of benzene rings is 3. The first kappa shape index (κ1) is 36.5. The summed E-state index contributed by atoms with van der Waals surface area (Å²) >= 11 is -1.61. The average Bonchev–Trinajstić information content (AvgIpc) is 3.46. The van der Waals surface area contributed by atoms with Gasteiger partial charge in [-0.15, -0.1) is 0 Å². The van der Waals surface area contributed by atoms with Crippen molar-refractivity contribution in [2.45, 2.75) is 71.5 Å². The molecule has 1 fully saturated rings. The third kappa shape index (κ3) is 8.99. The van der Waals surface area contributed by atoms with Crippen LogP contribution in [0.15, 0.2) is 127 Å². The van der Waals surface area contributed by atoms with Crippen molar-refractivity contribution in [2.24, 2.45) is 17.8 Å². The molecule has 0 aromatic heterocycles. The molecule has 0 radical (unpaired) electrons. The summed E-state index contributed by atoms with van der Waals surface area (Å²) < 4.78 is 1.92.